The molecule has 0 aromatic rings. The molecule has 1 heterocycles. The summed E-state index contributed by atoms with van der Waals surface area (Å²) in [5.74, 6) is -0.359. The summed E-state index contributed by atoms with van der Waals surface area (Å²) in [7, 11) is 0. The molecule has 0 radical (unpaired) electrons. The van der Waals surface area contributed by atoms with Crippen molar-refractivity contribution in [1.82, 2.24) is 10.6 Å². The number of allylic oxidation sites excluding steroid dienone is 1. The zero-order valence-electron chi connectivity index (χ0n) is 11.7. The van der Waals surface area contributed by atoms with E-state index in [-0.39, 0.29) is 17.3 Å². The summed E-state index contributed by atoms with van der Waals surface area (Å²) in [5.41, 5.74) is 5.66. The Morgan fingerprint density at radius 1 is 1.47 bits per heavy atom. The monoisotopic (exact) mass is 268 g/mol. The molecule has 1 aliphatic rings. The van der Waals surface area contributed by atoms with Crippen LogP contribution in [0.5, 0.6) is 0 Å². The lowest BCUT2D eigenvalue weighted by Gasteiger charge is -2.22. The van der Waals surface area contributed by atoms with E-state index in [1.807, 2.05) is 0 Å². The second-order valence-electron chi connectivity index (χ2n) is 5.17. The molecular formula is C12H20N4O3. The van der Waals surface area contributed by atoms with E-state index in [0.29, 0.717) is 18.8 Å². The van der Waals surface area contributed by atoms with Gasteiger partial charge in [0.05, 0.1) is 12.2 Å². The van der Waals surface area contributed by atoms with E-state index in [0.717, 1.165) is 0 Å². The van der Waals surface area contributed by atoms with Crippen LogP contribution in [0, 0.1) is 0 Å². The van der Waals surface area contributed by atoms with Crippen LogP contribution >= 0.6 is 0 Å². The smallest absolute Gasteiger partial charge is 0.412 e. The second kappa shape index (κ2) is 5.73. The minimum atomic E-state index is -0.673. The average molecular weight is 268 g/mol. The normalized spacial score (nSPS) is 17.1. The first kappa shape index (κ1) is 15.0. The van der Waals surface area contributed by atoms with Crippen molar-refractivity contribution in [3.63, 3.8) is 0 Å². The van der Waals surface area contributed by atoms with Gasteiger partial charge >= 0.3 is 6.09 Å². The van der Waals surface area contributed by atoms with E-state index in [4.69, 9.17) is 10.5 Å². The Labute approximate surface area is 112 Å². The lowest BCUT2D eigenvalue weighted by Crippen LogP contribution is -2.44. The van der Waals surface area contributed by atoms with E-state index in [2.05, 4.69) is 15.6 Å². The standard InChI is InChI=1S/C12H20N4O3/c1-7(13)8(9-10(17)15-6-5-14-9)16-11(18)19-12(2,3)4/h5-6,13H2,1-4H3,(H,15,17)(H,16,18). The van der Waals surface area contributed by atoms with Crippen LogP contribution in [0.2, 0.25) is 0 Å². The number of hydrogen-bond donors (Lipinski definition) is 3. The molecule has 4 N–H and O–H groups in total. The van der Waals surface area contributed by atoms with Gasteiger partial charge in [0.25, 0.3) is 5.91 Å². The molecule has 19 heavy (non-hydrogen) atoms. The molecule has 0 bridgehead atoms. The summed E-state index contributed by atoms with van der Waals surface area (Å²) < 4.78 is 5.12. The first-order valence-electron chi connectivity index (χ1n) is 6.00. The lowest BCUT2D eigenvalue weighted by atomic mass is 10.2. The van der Waals surface area contributed by atoms with Gasteiger partial charge in [-0.05, 0) is 27.7 Å². The maximum Gasteiger partial charge on any atom is 0.412 e. The van der Waals surface area contributed by atoms with Crippen molar-refractivity contribution in [2.24, 2.45) is 10.7 Å². The second-order valence-corrected chi connectivity index (χ2v) is 5.17. The highest BCUT2D eigenvalue weighted by Crippen LogP contribution is 2.09. The number of rotatable bonds is 2. The molecule has 0 fully saturated rings. The van der Waals surface area contributed by atoms with Crippen LogP contribution < -0.4 is 16.4 Å². The third kappa shape index (κ3) is 4.61. The SMILES string of the molecule is CC(N)=C(NC(=O)OC(C)(C)C)C1=NCCNC1=O. The van der Waals surface area contributed by atoms with Gasteiger partial charge in [-0.1, -0.05) is 0 Å². The Morgan fingerprint density at radius 3 is 2.58 bits per heavy atom. The van der Waals surface area contributed by atoms with Crippen LogP contribution in [-0.2, 0) is 9.53 Å². The van der Waals surface area contributed by atoms with Crippen molar-refractivity contribution in [2.45, 2.75) is 33.3 Å². The highest BCUT2D eigenvalue weighted by molar-refractivity contribution is 6.46. The van der Waals surface area contributed by atoms with Crippen molar-refractivity contribution in [1.29, 1.82) is 0 Å². The van der Waals surface area contributed by atoms with Crippen LogP contribution in [0.3, 0.4) is 0 Å². The summed E-state index contributed by atoms with van der Waals surface area (Å²) in [6, 6.07) is 0. The number of amides is 2. The zero-order chi connectivity index (χ0) is 14.6. The molecule has 0 unspecified atom stereocenters. The van der Waals surface area contributed by atoms with Crippen molar-refractivity contribution < 1.29 is 14.3 Å². The zero-order valence-corrected chi connectivity index (χ0v) is 11.7. The highest BCUT2D eigenvalue weighted by Gasteiger charge is 2.24. The maximum atomic E-state index is 11.7. The van der Waals surface area contributed by atoms with E-state index in [1.165, 1.54) is 0 Å². The van der Waals surface area contributed by atoms with E-state index in [1.54, 1.807) is 27.7 Å². The van der Waals surface area contributed by atoms with Crippen molar-refractivity contribution in [3.8, 4) is 0 Å². The number of ether oxygens (including phenoxy) is 1. The Hall–Kier alpha value is -2.05. The number of nitrogens with one attached hydrogen (secondary N) is 2. The molecule has 0 saturated carbocycles. The van der Waals surface area contributed by atoms with Crippen molar-refractivity contribution >= 4 is 17.7 Å². The highest BCUT2D eigenvalue weighted by atomic mass is 16.6. The summed E-state index contributed by atoms with van der Waals surface area (Å²) in [4.78, 5) is 27.5. The molecule has 2 amide bonds. The summed E-state index contributed by atoms with van der Waals surface area (Å²) in [6.07, 6.45) is -0.673. The molecule has 0 aliphatic carbocycles. The molecule has 0 saturated heterocycles. The van der Waals surface area contributed by atoms with Gasteiger partial charge in [0.1, 0.15) is 11.3 Å². The predicted molar refractivity (Wildman–Crippen MR) is 71.6 cm³/mol. The van der Waals surface area contributed by atoms with Gasteiger partial charge < -0.3 is 15.8 Å². The number of carbonyl (C=O) groups excluding carboxylic acids is 2. The first-order chi connectivity index (χ1) is 8.70. The van der Waals surface area contributed by atoms with Crippen LogP contribution in [0.15, 0.2) is 16.4 Å². The Bertz CT molecular complexity index is 442. The van der Waals surface area contributed by atoms with Crippen molar-refractivity contribution in [3.05, 3.63) is 11.4 Å². The molecule has 0 aromatic heterocycles. The molecule has 7 nitrogen and oxygen atoms in total. The first-order valence-corrected chi connectivity index (χ1v) is 6.00. The minimum absolute atomic E-state index is 0.122. The van der Waals surface area contributed by atoms with Crippen LogP contribution in [-0.4, -0.2) is 36.4 Å². The number of nitrogens with zero attached hydrogens (tertiary/aromatic N) is 1. The van der Waals surface area contributed by atoms with E-state index in [9.17, 15) is 9.59 Å². The van der Waals surface area contributed by atoms with Gasteiger partial charge in [-0.15, -0.1) is 0 Å². The molecule has 0 aromatic carbocycles. The number of nitrogens with two attached hydrogens (primary N) is 1. The fourth-order valence-corrected chi connectivity index (χ4v) is 1.44. The predicted octanol–water partition coefficient (Wildman–Crippen LogP) is 0.272. The van der Waals surface area contributed by atoms with E-state index < -0.39 is 11.7 Å². The van der Waals surface area contributed by atoms with E-state index >= 15 is 0 Å². The van der Waals surface area contributed by atoms with Gasteiger partial charge in [-0.2, -0.15) is 0 Å². The van der Waals surface area contributed by atoms with Gasteiger partial charge in [-0.3, -0.25) is 15.1 Å². The Kier molecular flexibility index (Phi) is 4.52. The minimum Gasteiger partial charge on any atom is -0.444 e. The summed E-state index contributed by atoms with van der Waals surface area (Å²) >= 11 is 0. The van der Waals surface area contributed by atoms with Crippen LogP contribution in [0.1, 0.15) is 27.7 Å². The van der Waals surface area contributed by atoms with Gasteiger partial charge in [0.2, 0.25) is 0 Å². The third-order valence-electron chi connectivity index (χ3n) is 2.14. The molecule has 0 spiro atoms. The fraction of sp³-hybridized carbons (Fsp3) is 0.583. The summed E-state index contributed by atoms with van der Waals surface area (Å²) in [6.45, 7) is 7.75. The molecule has 7 heteroatoms. The molecule has 1 aliphatic heterocycles. The van der Waals surface area contributed by atoms with Crippen LogP contribution in [0.25, 0.3) is 0 Å². The lowest BCUT2D eigenvalue weighted by molar-refractivity contribution is -0.115. The Balaban J connectivity index is 2.87. The van der Waals surface area contributed by atoms with Gasteiger partial charge in [0.15, 0.2) is 0 Å². The van der Waals surface area contributed by atoms with Gasteiger partial charge in [0, 0.05) is 12.2 Å². The molecular weight excluding hydrogens is 248 g/mol. The molecule has 106 valence electrons. The van der Waals surface area contributed by atoms with Crippen LogP contribution in [0.4, 0.5) is 4.79 Å². The number of hydrogen-bond acceptors (Lipinski definition) is 5. The number of alkyl carbamates (subject to hydrolysis) is 1. The largest absolute Gasteiger partial charge is 0.444 e. The quantitative estimate of drug-likeness (QED) is 0.668. The fourth-order valence-electron chi connectivity index (χ4n) is 1.44. The Morgan fingerprint density at radius 2 is 2.11 bits per heavy atom. The molecule has 1 rings (SSSR count). The maximum absolute atomic E-state index is 11.7. The topological polar surface area (TPSA) is 106 Å². The average Bonchev–Trinajstić information content (AvgIpc) is 2.24. The molecule has 0 atom stereocenters. The summed E-state index contributed by atoms with van der Waals surface area (Å²) in [5, 5.41) is 5.11. The number of aliphatic imine (C=N–C) groups is 1. The van der Waals surface area contributed by atoms with Crippen molar-refractivity contribution in [2.75, 3.05) is 13.1 Å². The number of carbonyl (C=O) groups is 2. The van der Waals surface area contributed by atoms with Gasteiger partial charge in [-0.25, -0.2) is 4.79 Å². The third-order valence-corrected chi connectivity index (χ3v) is 2.14.